The fraction of sp³-hybridized carbons (Fsp3) is 1.00. The van der Waals surface area contributed by atoms with Crippen molar-refractivity contribution in [2.45, 2.75) is 39.2 Å². The van der Waals surface area contributed by atoms with Crippen LogP contribution in [0.1, 0.15) is 33.1 Å². The largest absolute Gasteiger partial charge is 0.379 e. The molecule has 1 aliphatic rings. The van der Waals surface area contributed by atoms with Gasteiger partial charge in [0.05, 0.1) is 19.3 Å². The molecular formula is C12H25NO2. The van der Waals surface area contributed by atoms with Crippen LogP contribution in [0.5, 0.6) is 0 Å². The molecule has 1 rings (SSSR count). The monoisotopic (exact) mass is 215 g/mol. The molecule has 0 aromatic heterocycles. The summed E-state index contributed by atoms with van der Waals surface area (Å²) in [6.07, 6.45) is 4.00. The Kier molecular flexibility index (Phi) is 6.98. The molecule has 0 aromatic rings. The highest BCUT2D eigenvalue weighted by atomic mass is 16.5. The lowest BCUT2D eigenvalue weighted by molar-refractivity contribution is -0.0681. The number of rotatable bonds is 7. The molecule has 0 aliphatic carbocycles. The second-order valence-electron chi connectivity index (χ2n) is 4.17. The van der Waals surface area contributed by atoms with Gasteiger partial charge in [-0.25, -0.2) is 0 Å². The standard InChI is InChI=1S/C12H25NO2/c1-3-5-6-8-14-11-12-10-13(4-2)7-9-15-12/h12H,3-11H2,1-2H3/t12-/m1/s1. The summed E-state index contributed by atoms with van der Waals surface area (Å²) in [6.45, 7) is 10.1. The highest BCUT2D eigenvalue weighted by Crippen LogP contribution is 2.05. The van der Waals surface area contributed by atoms with E-state index in [9.17, 15) is 0 Å². The topological polar surface area (TPSA) is 21.7 Å². The summed E-state index contributed by atoms with van der Waals surface area (Å²) in [5, 5.41) is 0. The van der Waals surface area contributed by atoms with Crippen LogP contribution in [0.15, 0.2) is 0 Å². The first-order chi connectivity index (χ1) is 7.36. The van der Waals surface area contributed by atoms with Gasteiger partial charge in [-0.2, -0.15) is 0 Å². The van der Waals surface area contributed by atoms with Crippen molar-refractivity contribution in [1.82, 2.24) is 4.90 Å². The maximum Gasteiger partial charge on any atom is 0.0935 e. The minimum Gasteiger partial charge on any atom is -0.379 e. The number of ether oxygens (including phenoxy) is 2. The second-order valence-corrected chi connectivity index (χ2v) is 4.17. The van der Waals surface area contributed by atoms with Gasteiger partial charge in [-0.15, -0.1) is 0 Å². The quantitative estimate of drug-likeness (QED) is 0.606. The van der Waals surface area contributed by atoms with Gasteiger partial charge < -0.3 is 9.47 Å². The molecule has 3 nitrogen and oxygen atoms in total. The molecule has 0 unspecified atom stereocenters. The number of nitrogens with zero attached hydrogens (tertiary/aromatic N) is 1. The summed E-state index contributed by atoms with van der Waals surface area (Å²) >= 11 is 0. The third-order valence-electron chi connectivity index (χ3n) is 2.87. The van der Waals surface area contributed by atoms with E-state index in [0.717, 1.165) is 39.5 Å². The third kappa shape index (κ3) is 5.50. The number of morpholine rings is 1. The molecule has 0 amide bonds. The van der Waals surface area contributed by atoms with E-state index in [4.69, 9.17) is 9.47 Å². The Morgan fingerprint density at radius 1 is 1.33 bits per heavy atom. The lowest BCUT2D eigenvalue weighted by Gasteiger charge is -2.31. The summed E-state index contributed by atoms with van der Waals surface area (Å²) in [5.41, 5.74) is 0. The van der Waals surface area contributed by atoms with E-state index >= 15 is 0 Å². The van der Waals surface area contributed by atoms with E-state index in [2.05, 4.69) is 18.7 Å². The van der Waals surface area contributed by atoms with Gasteiger partial charge in [0.1, 0.15) is 0 Å². The smallest absolute Gasteiger partial charge is 0.0935 e. The Hall–Kier alpha value is -0.120. The van der Waals surface area contributed by atoms with Crippen LogP contribution in [0.25, 0.3) is 0 Å². The summed E-state index contributed by atoms with van der Waals surface area (Å²) in [7, 11) is 0. The number of likely N-dealkylation sites (N-methyl/N-ethyl adjacent to an activating group) is 1. The van der Waals surface area contributed by atoms with Crippen LogP contribution >= 0.6 is 0 Å². The molecule has 0 saturated carbocycles. The minimum absolute atomic E-state index is 0.292. The van der Waals surface area contributed by atoms with E-state index in [-0.39, 0.29) is 0 Å². The molecule has 0 N–H and O–H groups in total. The summed E-state index contributed by atoms with van der Waals surface area (Å²) in [5.74, 6) is 0. The molecule has 1 saturated heterocycles. The molecule has 15 heavy (non-hydrogen) atoms. The highest BCUT2D eigenvalue weighted by Gasteiger charge is 2.18. The average molecular weight is 215 g/mol. The van der Waals surface area contributed by atoms with Crippen molar-refractivity contribution in [2.75, 3.05) is 39.5 Å². The van der Waals surface area contributed by atoms with Crippen LogP contribution in [0.3, 0.4) is 0 Å². The van der Waals surface area contributed by atoms with Crippen LogP contribution in [0.2, 0.25) is 0 Å². The zero-order chi connectivity index (χ0) is 10.9. The van der Waals surface area contributed by atoms with Crippen molar-refractivity contribution in [3.05, 3.63) is 0 Å². The Morgan fingerprint density at radius 2 is 2.20 bits per heavy atom. The van der Waals surface area contributed by atoms with Crippen molar-refractivity contribution in [3.63, 3.8) is 0 Å². The Labute approximate surface area is 93.7 Å². The lowest BCUT2D eigenvalue weighted by Crippen LogP contribution is -2.44. The molecule has 1 heterocycles. The van der Waals surface area contributed by atoms with E-state index < -0.39 is 0 Å². The summed E-state index contributed by atoms with van der Waals surface area (Å²) < 4.78 is 11.3. The fourth-order valence-corrected chi connectivity index (χ4v) is 1.84. The highest BCUT2D eigenvalue weighted by molar-refractivity contribution is 4.69. The Bertz CT molecular complexity index is 153. The Balaban J connectivity index is 2.00. The van der Waals surface area contributed by atoms with Crippen LogP contribution < -0.4 is 0 Å². The SMILES string of the molecule is CCCCCOC[C@H]1CN(CC)CCO1. The van der Waals surface area contributed by atoms with Gasteiger partial charge in [0.25, 0.3) is 0 Å². The van der Waals surface area contributed by atoms with E-state index in [0.29, 0.717) is 6.10 Å². The van der Waals surface area contributed by atoms with Crippen LogP contribution in [0, 0.1) is 0 Å². The van der Waals surface area contributed by atoms with Gasteiger partial charge in [0, 0.05) is 19.7 Å². The first-order valence-electron chi connectivity index (χ1n) is 6.28. The summed E-state index contributed by atoms with van der Waals surface area (Å²) in [6, 6.07) is 0. The average Bonchev–Trinajstić information content (AvgIpc) is 2.29. The van der Waals surface area contributed by atoms with Crippen molar-refractivity contribution in [3.8, 4) is 0 Å². The first-order valence-corrected chi connectivity index (χ1v) is 6.28. The van der Waals surface area contributed by atoms with E-state index in [1.54, 1.807) is 0 Å². The maximum absolute atomic E-state index is 5.65. The van der Waals surface area contributed by atoms with Gasteiger partial charge in [-0.1, -0.05) is 26.7 Å². The number of unbranched alkanes of at least 4 members (excludes halogenated alkanes) is 2. The molecule has 90 valence electrons. The van der Waals surface area contributed by atoms with Gasteiger partial charge in [0.15, 0.2) is 0 Å². The summed E-state index contributed by atoms with van der Waals surface area (Å²) in [4.78, 5) is 2.42. The predicted octanol–water partition coefficient (Wildman–Crippen LogP) is 1.91. The Morgan fingerprint density at radius 3 is 2.93 bits per heavy atom. The fourth-order valence-electron chi connectivity index (χ4n) is 1.84. The maximum atomic E-state index is 5.65. The molecule has 0 spiro atoms. The van der Waals surface area contributed by atoms with Gasteiger partial charge in [-0.05, 0) is 13.0 Å². The minimum atomic E-state index is 0.292. The molecule has 1 aliphatic heterocycles. The molecule has 0 aromatic carbocycles. The second kappa shape index (κ2) is 8.08. The van der Waals surface area contributed by atoms with E-state index in [1.165, 1.54) is 19.3 Å². The van der Waals surface area contributed by atoms with Crippen LogP contribution in [-0.2, 0) is 9.47 Å². The van der Waals surface area contributed by atoms with Crippen molar-refractivity contribution in [1.29, 1.82) is 0 Å². The zero-order valence-corrected chi connectivity index (χ0v) is 10.2. The number of hydrogen-bond donors (Lipinski definition) is 0. The molecule has 3 heteroatoms. The van der Waals surface area contributed by atoms with Crippen LogP contribution in [-0.4, -0.2) is 50.5 Å². The van der Waals surface area contributed by atoms with Gasteiger partial charge in [-0.3, -0.25) is 4.90 Å². The van der Waals surface area contributed by atoms with E-state index in [1.807, 2.05) is 0 Å². The van der Waals surface area contributed by atoms with Crippen molar-refractivity contribution < 1.29 is 9.47 Å². The molecule has 0 bridgehead atoms. The predicted molar refractivity (Wildman–Crippen MR) is 62.2 cm³/mol. The third-order valence-corrected chi connectivity index (χ3v) is 2.87. The van der Waals surface area contributed by atoms with Crippen LogP contribution in [0.4, 0.5) is 0 Å². The van der Waals surface area contributed by atoms with Crippen molar-refractivity contribution >= 4 is 0 Å². The molecule has 1 atom stereocenters. The number of hydrogen-bond acceptors (Lipinski definition) is 3. The molecule has 0 radical (unpaired) electrons. The lowest BCUT2D eigenvalue weighted by atomic mass is 10.2. The van der Waals surface area contributed by atoms with Gasteiger partial charge in [0.2, 0.25) is 0 Å². The molecule has 1 fully saturated rings. The zero-order valence-electron chi connectivity index (χ0n) is 10.2. The first kappa shape index (κ1) is 12.9. The van der Waals surface area contributed by atoms with Gasteiger partial charge >= 0.3 is 0 Å². The normalized spacial score (nSPS) is 23.2. The molecular weight excluding hydrogens is 190 g/mol. The van der Waals surface area contributed by atoms with Crippen molar-refractivity contribution in [2.24, 2.45) is 0 Å².